The quantitative estimate of drug-likeness (QED) is 0.750. The van der Waals surface area contributed by atoms with Gasteiger partial charge in [0.2, 0.25) is 0 Å². The molecule has 0 saturated carbocycles. The maximum absolute atomic E-state index is 11.3. The van der Waals surface area contributed by atoms with Gasteiger partial charge in [0.25, 0.3) is 0 Å². The summed E-state index contributed by atoms with van der Waals surface area (Å²) in [4.78, 5) is 11.3. The van der Waals surface area contributed by atoms with E-state index in [1.54, 1.807) is 0 Å². The fourth-order valence-corrected chi connectivity index (χ4v) is 1.87. The van der Waals surface area contributed by atoms with E-state index in [1.807, 2.05) is 19.1 Å². The first kappa shape index (κ1) is 11.6. The van der Waals surface area contributed by atoms with Crippen molar-refractivity contribution in [2.75, 3.05) is 6.61 Å². The zero-order valence-corrected chi connectivity index (χ0v) is 9.98. The van der Waals surface area contributed by atoms with Gasteiger partial charge in [-0.1, -0.05) is 42.5 Å². The number of esters is 1. The van der Waals surface area contributed by atoms with Crippen molar-refractivity contribution < 1.29 is 9.53 Å². The van der Waals surface area contributed by atoms with Gasteiger partial charge >= 0.3 is 5.97 Å². The van der Waals surface area contributed by atoms with Crippen molar-refractivity contribution in [3.63, 3.8) is 0 Å². The van der Waals surface area contributed by atoms with Gasteiger partial charge in [0.1, 0.15) is 0 Å². The van der Waals surface area contributed by atoms with Gasteiger partial charge in [-0.05, 0) is 29.7 Å². The molecular formula is C15H16O2. The number of aryl methyl sites for hydroxylation is 1. The molecule has 88 valence electrons. The molecule has 0 atom stereocenters. The van der Waals surface area contributed by atoms with Crippen LogP contribution < -0.4 is 0 Å². The Morgan fingerprint density at radius 2 is 1.88 bits per heavy atom. The van der Waals surface area contributed by atoms with Crippen LogP contribution in [0.25, 0.3) is 10.8 Å². The fraction of sp³-hybridized carbons (Fsp3) is 0.267. The minimum absolute atomic E-state index is 0.124. The average Bonchev–Trinajstić information content (AvgIpc) is 2.36. The molecular weight excluding hydrogens is 212 g/mol. The summed E-state index contributed by atoms with van der Waals surface area (Å²) in [5.74, 6) is -0.124. The van der Waals surface area contributed by atoms with Crippen LogP contribution in [-0.2, 0) is 16.0 Å². The number of fused-ring (bicyclic) bond motifs is 1. The number of hydrogen-bond donors (Lipinski definition) is 0. The Bertz CT molecular complexity index is 517. The monoisotopic (exact) mass is 228 g/mol. The Labute approximate surface area is 101 Å². The van der Waals surface area contributed by atoms with Crippen LogP contribution in [0.15, 0.2) is 42.5 Å². The average molecular weight is 228 g/mol. The molecule has 0 saturated heterocycles. The van der Waals surface area contributed by atoms with Gasteiger partial charge in [-0.15, -0.1) is 0 Å². The molecule has 0 aliphatic carbocycles. The molecule has 0 unspecified atom stereocenters. The molecule has 17 heavy (non-hydrogen) atoms. The van der Waals surface area contributed by atoms with E-state index in [2.05, 4.69) is 30.3 Å². The van der Waals surface area contributed by atoms with Crippen LogP contribution >= 0.6 is 0 Å². The van der Waals surface area contributed by atoms with Crippen molar-refractivity contribution in [2.24, 2.45) is 0 Å². The molecule has 0 heterocycles. The van der Waals surface area contributed by atoms with Crippen molar-refractivity contribution in [1.29, 1.82) is 0 Å². The van der Waals surface area contributed by atoms with Gasteiger partial charge in [-0.25, -0.2) is 0 Å². The second-order valence-electron chi connectivity index (χ2n) is 3.99. The van der Waals surface area contributed by atoms with Crippen molar-refractivity contribution in [1.82, 2.24) is 0 Å². The predicted octanol–water partition coefficient (Wildman–Crippen LogP) is 3.34. The number of carbonyl (C=O) groups excluding carboxylic acids is 1. The summed E-state index contributed by atoms with van der Waals surface area (Å²) in [6.07, 6.45) is 1.19. The summed E-state index contributed by atoms with van der Waals surface area (Å²) in [6, 6.07) is 14.5. The highest BCUT2D eigenvalue weighted by atomic mass is 16.5. The van der Waals surface area contributed by atoms with Gasteiger partial charge < -0.3 is 4.74 Å². The first-order chi connectivity index (χ1) is 8.29. The zero-order valence-electron chi connectivity index (χ0n) is 9.98. The summed E-state index contributed by atoms with van der Waals surface area (Å²) < 4.78 is 4.91. The molecule has 0 aromatic heterocycles. The Balaban J connectivity index is 2.06. The molecule has 2 aromatic rings. The third-order valence-corrected chi connectivity index (χ3v) is 2.74. The van der Waals surface area contributed by atoms with Crippen LogP contribution in [0.1, 0.15) is 18.9 Å². The van der Waals surface area contributed by atoms with Crippen molar-refractivity contribution in [3.05, 3.63) is 48.0 Å². The topological polar surface area (TPSA) is 26.3 Å². The van der Waals surface area contributed by atoms with Crippen LogP contribution in [-0.4, -0.2) is 12.6 Å². The lowest BCUT2D eigenvalue weighted by atomic mass is 10.0. The Hall–Kier alpha value is -1.83. The molecule has 0 fully saturated rings. The molecule has 2 rings (SSSR count). The van der Waals surface area contributed by atoms with Crippen molar-refractivity contribution in [3.8, 4) is 0 Å². The minimum Gasteiger partial charge on any atom is -0.466 e. The molecule has 0 spiro atoms. The van der Waals surface area contributed by atoms with Gasteiger partial charge in [0.15, 0.2) is 0 Å². The summed E-state index contributed by atoms with van der Waals surface area (Å²) in [5, 5.41) is 2.45. The molecule has 0 N–H and O–H groups in total. The van der Waals surface area contributed by atoms with E-state index in [0.29, 0.717) is 13.0 Å². The van der Waals surface area contributed by atoms with E-state index in [9.17, 15) is 4.79 Å². The lowest BCUT2D eigenvalue weighted by molar-refractivity contribution is -0.143. The van der Waals surface area contributed by atoms with Crippen molar-refractivity contribution >= 4 is 16.7 Å². The molecule has 2 aromatic carbocycles. The van der Waals surface area contributed by atoms with Crippen LogP contribution in [0.5, 0.6) is 0 Å². The summed E-state index contributed by atoms with van der Waals surface area (Å²) in [5.41, 5.74) is 1.18. The normalized spacial score (nSPS) is 10.4. The Morgan fingerprint density at radius 3 is 2.65 bits per heavy atom. The van der Waals surface area contributed by atoms with Crippen LogP contribution in [0.4, 0.5) is 0 Å². The van der Waals surface area contributed by atoms with Crippen LogP contribution in [0, 0.1) is 0 Å². The number of benzene rings is 2. The molecule has 0 amide bonds. The highest BCUT2D eigenvalue weighted by Crippen LogP contribution is 2.16. The second-order valence-corrected chi connectivity index (χ2v) is 3.99. The van der Waals surface area contributed by atoms with E-state index < -0.39 is 0 Å². The smallest absolute Gasteiger partial charge is 0.306 e. The SMILES string of the molecule is CCOC(=O)CCc1ccc2ccccc2c1. The van der Waals surface area contributed by atoms with Crippen LogP contribution in [0.2, 0.25) is 0 Å². The minimum atomic E-state index is -0.124. The number of hydrogen-bond acceptors (Lipinski definition) is 2. The predicted molar refractivity (Wildman–Crippen MR) is 68.9 cm³/mol. The lowest BCUT2D eigenvalue weighted by Crippen LogP contribution is -2.05. The standard InChI is InChI=1S/C15H16O2/c1-2-17-15(16)10-8-12-7-9-13-5-3-4-6-14(13)11-12/h3-7,9,11H,2,8,10H2,1H3. The Kier molecular flexibility index (Phi) is 3.76. The highest BCUT2D eigenvalue weighted by Gasteiger charge is 2.03. The van der Waals surface area contributed by atoms with Gasteiger partial charge in [0.05, 0.1) is 6.61 Å². The number of rotatable bonds is 4. The van der Waals surface area contributed by atoms with Gasteiger partial charge in [0, 0.05) is 6.42 Å². The largest absolute Gasteiger partial charge is 0.466 e. The van der Waals surface area contributed by atoms with E-state index in [-0.39, 0.29) is 5.97 Å². The van der Waals surface area contributed by atoms with E-state index in [1.165, 1.54) is 16.3 Å². The molecule has 0 bridgehead atoms. The second kappa shape index (κ2) is 5.48. The molecule has 0 aliphatic rings. The number of ether oxygens (including phenoxy) is 1. The lowest BCUT2D eigenvalue weighted by Gasteiger charge is -2.04. The third kappa shape index (κ3) is 3.06. The summed E-state index contributed by atoms with van der Waals surface area (Å²) in [6.45, 7) is 2.28. The first-order valence-corrected chi connectivity index (χ1v) is 5.93. The molecule has 2 nitrogen and oxygen atoms in total. The van der Waals surface area contributed by atoms with Crippen molar-refractivity contribution in [2.45, 2.75) is 19.8 Å². The summed E-state index contributed by atoms with van der Waals surface area (Å²) in [7, 11) is 0. The summed E-state index contributed by atoms with van der Waals surface area (Å²) >= 11 is 0. The maximum atomic E-state index is 11.3. The van der Waals surface area contributed by atoms with Gasteiger partial charge in [-0.2, -0.15) is 0 Å². The Morgan fingerprint density at radius 1 is 1.12 bits per heavy atom. The van der Waals surface area contributed by atoms with Gasteiger partial charge in [-0.3, -0.25) is 4.79 Å². The van der Waals surface area contributed by atoms with E-state index in [4.69, 9.17) is 4.74 Å². The van der Waals surface area contributed by atoms with Crippen LogP contribution in [0.3, 0.4) is 0 Å². The maximum Gasteiger partial charge on any atom is 0.306 e. The molecule has 0 radical (unpaired) electrons. The number of carbonyl (C=O) groups is 1. The highest BCUT2D eigenvalue weighted by molar-refractivity contribution is 5.83. The van der Waals surface area contributed by atoms with E-state index in [0.717, 1.165) is 6.42 Å². The third-order valence-electron chi connectivity index (χ3n) is 2.74. The first-order valence-electron chi connectivity index (χ1n) is 5.93. The molecule has 0 aliphatic heterocycles. The fourth-order valence-electron chi connectivity index (χ4n) is 1.87. The zero-order chi connectivity index (χ0) is 12.1. The molecule has 2 heteroatoms. The van der Waals surface area contributed by atoms with E-state index >= 15 is 0 Å².